The van der Waals surface area contributed by atoms with E-state index in [0.717, 1.165) is 5.56 Å². The van der Waals surface area contributed by atoms with Gasteiger partial charge < -0.3 is 9.47 Å². The molecular formula is C20H18N2O6. The van der Waals surface area contributed by atoms with Gasteiger partial charge in [-0.1, -0.05) is 30.3 Å². The van der Waals surface area contributed by atoms with E-state index >= 15 is 0 Å². The molecule has 0 unspecified atom stereocenters. The zero-order valence-electron chi connectivity index (χ0n) is 15.3. The Kier molecular flexibility index (Phi) is 5.49. The van der Waals surface area contributed by atoms with Crippen molar-refractivity contribution < 1.29 is 24.0 Å². The molecule has 0 aliphatic carbocycles. The Balaban J connectivity index is 2.12. The van der Waals surface area contributed by atoms with E-state index < -0.39 is 34.7 Å². The maximum atomic E-state index is 12.6. The standard InChI is InChI=1S/C20H18N2O6/c1-27-19(23)15-16(20(24)28-2)18(13-8-10-14(11-9-13)22(25)26)21-17(15)12-6-4-3-5-7-12/h3-11,15-17H,1-2H3/t15-,16-,17+/m0/s1. The van der Waals surface area contributed by atoms with Crippen LogP contribution >= 0.6 is 0 Å². The average Bonchev–Trinajstić information content (AvgIpc) is 3.14. The van der Waals surface area contributed by atoms with Gasteiger partial charge in [0, 0.05) is 12.1 Å². The maximum absolute atomic E-state index is 12.6. The van der Waals surface area contributed by atoms with Crippen molar-refractivity contribution >= 4 is 23.3 Å². The first-order valence-electron chi connectivity index (χ1n) is 8.51. The number of non-ortho nitro benzene ring substituents is 1. The minimum atomic E-state index is -0.982. The molecule has 3 rings (SSSR count). The highest BCUT2D eigenvalue weighted by Crippen LogP contribution is 2.41. The summed E-state index contributed by atoms with van der Waals surface area (Å²) in [5.74, 6) is -3.08. The van der Waals surface area contributed by atoms with Gasteiger partial charge in [-0.05, 0) is 23.3 Å². The van der Waals surface area contributed by atoms with E-state index in [9.17, 15) is 19.7 Å². The Morgan fingerprint density at radius 2 is 1.57 bits per heavy atom. The van der Waals surface area contributed by atoms with Gasteiger partial charge >= 0.3 is 11.9 Å². The largest absolute Gasteiger partial charge is 0.469 e. The van der Waals surface area contributed by atoms with Crippen LogP contribution in [0.15, 0.2) is 59.6 Å². The van der Waals surface area contributed by atoms with Crippen molar-refractivity contribution in [3.05, 3.63) is 75.8 Å². The van der Waals surface area contributed by atoms with E-state index in [4.69, 9.17) is 9.47 Å². The fourth-order valence-corrected chi connectivity index (χ4v) is 3.39. The smallest absolute Gasteiger partial charge is 0.315 e. The lowest BCUT2D eigenvalue weighted by Crippen LogP contribution is -2.35. The van der Waals surface area contributed by atoms with Gasteiger partial charge in [-0.25, -0.2) is 0 Å². The zero-order chi connectivity index (χ0) is 20.3. The monoisotopic (exact) mass is 382 g/mol. The van der Waals surface area contributed by atoms with E-state index in [2.05, 4.69) is 4.99 Å². The third-order valence-electron chi connectivity index (χ3n) is 4.72. The number of nitro benzene ring substituents is 1. The summed E-state index contributed by atoms with van der Waals surface area (Å²) in [6.07, 6.45) is 0. The van der Waals surface area contributed by atoms with Gasteiger partial charge in [0.2, 0.25) is 0 Å². The van der Waals surface area contributed by atoms with Gasteiger partial charge in [-0.2, -0.15) is 0 Å². The number of ether oxygens (including phenoxy) is 2. The molecule has 0 fully saturated rings. The highest BCUT2D eigenvalue weighted by molar-refractivity contribution is 6.15. The van der Waals surface area contributed by atoms with Crippen LogP contribution in [-0.4, -0.2) is 36.8 Å². The second-order valence-electron chi connectivity index (χ2n) is 6.22. The van der Waals surface area contributed by atoms with Crippen LogP contribution in [0.4, 0.5) is 5.69 Å². The maximum Gasteiger partial charge on any atom is 0.315 e. The molecule has 0 radical (unpaired) electrons. The Labute approximate surface area is 161 Å². The average molecular weight is 382 g/mol. The summed E-state index contributed by atoms with van der Waals surface area (Å²) >= 11 is 0. The number of nitrogens with zero attached hydrogens (tertiary/aromatic N) is 2. The Hall–Kier alpha value is -3.55. The molecule has 28 heavy (non-hydrogen) atoms. The number of methoxy groups -OCH3 is 2. The van der Waals surface area contributed by atoms with Gasteiger partial charge in [-0.3, -0.25) is 24.7 Å². The van der Waals surface area contributed by atoms with E-state index in [-0.39, 0.29) is 5.69 Å². The molecule has 0 saturated heterocycles. The lowest BCUT2D eigenvalue weighted by molar-refractivity contribution is -0.384. The molecular weight excluding hydrogens is 364 g/mol. The van der Waals surface area contributed by atoms with Gasteiger partial charge in [0.05, 0.1) is 30.9 Å². The van der Waals surface area contributed by atoms with Gasteiger partial charge in [0.25, 0.3) is 5.69 Å². The highest BCUT2D eigenvalue weighted by Gasteiger charge is 2.49. The first-order chi connectivity index (χ1) is 13.5. The van der Waals surface area contributed by atoms with Crippen LogP contribution in [0.1, 0.15) is 17.2 Å². The summed E-state index contributed by atoms with van der Waals surface area (Å²) in [7, 11) is 2.49. The van der Waals surface area contributed by atoms with Crippen molar-refractivity contribution in [1.29, 1.82) is 0 Å². The molecule has 0 N–H and O–H groups in total. The number of hydrogen-bond donors (Lipinski definition) is 0. The molecule has 0 amide bonds. The Morgan fingerprint density at radius 1 is 0.964 bits per heavy atom. The van der Waals surface area contributed by atoms with Crippen LogP contribution in [-0.2, 0) is 19.1 Å². The van der Waals surface area contributed by atoms with E-state index in [1.165, 1.54) is 38.5 Å². The van der Waals surface area contributed by atoms with Crippen LogP contribution in [0.3, 0.4) is 0 Å². The summed E-state index contributed by atoms with van der Waals surface area (Å²) < 4.78 is 9.86. The molecule has 144 valence electrons. The first kappa shape index (κ1) is 19.2. The predicted octanol–water partition coefficient (Wildman–Crippen LogP) is 2.72. The fraction of sp³-hybridized carbons (Fsp3) is 0.250. The van der Waals surface area contributed by atoms with Gasteiger partial charge in [-0.15, -0.1) is 0 Å². The summed E-state index contributed by atoms with van der Waals surface area (Å²) in [5.41, 5.74) is 1.52. The molecule has 0 saturated carbocycles. The highest BCUT2D eigenvalue weighted by atomic mass is 16.6. The molecule has 3 atom stereocenters. The molecule has 2 aromatic rings. The summed E-state index contributed by atoms with van der Waals surface area (Å²) in [5, 5.41) is 10.9. The van der Waals surface area contributed by atoms with Crippen molar-refractivity contribution in [2.75, 3.05) is 14.2 Å². The summed E-state index contributed by atoms with van der Waals surface area (Å²) in [6, 6.07) is 14.1. The number of hydrogen-bond acceptors (Lipinski definition) is 7. The predicted molar refractivity (Wildman–Crippen MR) is 99.8 cm³/mol. The van der Waals surface area contributed by atoms with Crippen LogP contribution in [0.25, 0.3) is 0 Å². The number of esters is 2. The third-order valence-corrected chi connectivity index (χ3v) is 4.72. The molecule has 1 aliphatic rings. The second kappa shape index (κ2) is 7.99. The lowest BCUT2D eigenvalue weighted by atomic mass is 9.82. The van der Waals surface area contributed by atoms with Crippen molar-refractivity contribution in [2.45, 2.75) is 6.04 Å². The zero-order valence-corrected chi connectivity index (χ0v) is 15.3. The first-order valence-corrected chi connectivity index (χ1v) is 8.51. The number of nitro groups is 1. The lowest BCUT2D eigenvalue weighted by Gasteiger charge is -2.21. The molecule has 2 aromatic carbocycles. The van der Waals surface area contributed by atoms with Crippen molar-refractivity contribution in [2.24, 2.45) is 16.8 Å². The van der Waals surface area contributed by atoms with Crippen molar-refractivity contribution in [3.63, 3.8) is 0 Å². The van der Waals surface area contributed by atoms with E-state index in [0.29, 0.717) is 11.3 Å². The Bertz CT molecular complexity index is 923. The third kappa shape index (κ3) is 3.48. The minimum Gasteiger partial charge on any atom is -0.469 e. The molecule has 1 aliphatic heterocycles. The quantitative estimate of drug-likeness (QED) is 0.447. The molecule has 8 heteroatoms. The number of aliphatic imine (C=N–C) groups is 1. The number of carbonyl (C=O) groups is 2. The summed E-state index contributed by atoms with van der Waals surface area (Å²) in [4.78, 5) is 40.2. The molecule has 8 nitrogen and oxygen atoms in total. The number of carbonyl (C=O) groups excluding carboxylic acids is 2. The molecule has 0 bridgehead atoms. The van der Waals surface area contributed by atoms with Crippen LogP contribution in [0, 0.1) is 22.0 Å². The summed E-state index contributed by atoms with van der Waals surface area (Å²) in [6.45, 7) is 0. The van der Waals surface area contributed by atoms with E-state index in [1.54, 1.807) is 0 Å². The van der Waals surface area contributed by atoms with Crippen molar-refractivity contribution in [3.8, 4) is 0 Å². The van der Waals surface area contributed by atoms with Crippen LogP contribution < -0.4 is 0 Å². The van der Waals surface area contributed by atoms with Crippen LogP contribution in [0.5, 0.6) is 0 Å². The minimum absolute atomic E-state index is 0.0823. The second-order valence-corrected chi connectivity index (χ2v) is 6.22. The number of benzene rings is 2. The van der Waals surface area contributed by atoms with Gasteiger partial charge in [0.15, 0.2) is 0 Å². The molecule has 0 spiro atoms. The normalized spacial score (nSPS) is 20.9. The van der Waals surface area contributed by atoms with Crippen LogP contribution in [0.2, 0.25) is 0 Å². The number of rotatable bonds is 5. The fourth-order valence-electron chi connectivity index (χ4n) is 3.39. The molecule has 1 heterocycles. The topological polar surface area (TPSA) is 108 Å². The van der Waals surface area contributed by atoms with Crippen molar-refractivity contribution in [1.82, 2.24) is 0 Å². The molecule has 0 aromatic heterocycles. The SMILES string of the molecule is COC(=O)[C@@H]1C(c2ccc([N+](=O)[O-])cc2)=N[C@H](c2ccccc2)[C@H]1C(=O)OC. The van der Waals surface area contributed by atoms with Gasteiger partial charge in [0.1, 0.15) is 11.8 Å². The Morgan fingerprint density at radius 3 is 2.11 bits per heavy atom. The van der Waals surface area contributed by atoms with E-state index in [1.807, 2.05) is 30.3 Å².